The van der Waals surface area contributed by atoms with Crippen LogP contribution in [0, 0.1) is 0 Å². The molecule has 0 aromatic heterocycles. The molecule has 5 nitrogen and oxygen atoms in total. The van der Waals surface area contributed by atoms with Crippen molar-refractivity contribution in [2.45, 2.75) is 26.8 Å². The van der Waals surface area contributed by atoms with Crippen molar-refractivity contribution >= 4 is 11.7 Å². The summed E-state index contributed by atoms with van der Waals surface area (Å²) in [5.74, 6) is 0. The summed E-state index contributed by atoms with van der Waals surface area (Å²) >= 11 is 0. The Morgan fingerprint density at radius 3 is 2.76 bits per heavy atom. The van der Waals surface area contributed by atoms with Crippen LogP contribution in [0.5, 0.6) is 0 Å². The smallest absolute Gasteiger partial charge is 0.319 e. The Morgan fingerprint density at radius 2 is 2.10 bits per heavy atom. The second-order valence-electron chi connectivity index (χ2n) is 5.18. The molecule has 2 amide bonds. The van der Waals surface area contributed by atoms with Gasteiger partial charge in [0.15, 0.2) is 0 Å². The Kier molecular flexibility index (Phi) is 7.79. The van der Waals surface area contributed by atoms with Gasteiger partial charge in [-0.1, -0.05) is 26.0 Å². The third kappa shape index (κ3) is 6.60. The van der Waals surface area contributed by atoms with E-state index in [2.05, 4.69) is 47.7 Å². The first kappa shape index (κ1) is 17.5. The number of nitrogens with one attached hydrogen (secondary N) is 3. The van der Waals surface area contributed by atoms with Crippen molar-refractivity contribution in [2.75, 3.05) is 38.5 Å². The second-order valence-corrected chi connectivity index (χ2v) is 5.18. The molecule has 0 saturated heterocycles. The molecular formula is C16H28N4O. The molecule has 5 heteroatoms. The molecule has 0 radical (unpaired) electrons. The highest BCUT2D eigenvalue weighted by Gasteiger charge is 2.06. The van der Waals surface area contributed by atoms with Crippen LogP contribution in [0.4, 0.5) is 10.5 Å². The average molecular weight is 292 g/mol. The van der Waals surface area contributed by atoms with Crippen molar-refractivity contribution in [1.29, 1.82) is 0 Å². The maximum atomic E-state index is 11.8. The molecule has 0 saturated carbocycles. The zero-order valence-corrected chi connectivity index (χ0v) is 13.6. The van der Waals surface area contributed by atoms with Crippen molar-refractivity contribution in [3.8, 4) is 0 Å². The summed E-state index contributed by atoms with van der Waals surface area (Å²) in [5.41, 5.74) is 1.99. The number of carbonyl (C=O) groups excluding carboxylic acids is 1. The van der Waals surface area contributed by atoms with Gasteiger partial charge in [-0.3, -0.25) is 0 Å². The van der Waals surface area contributed by atoms with Crippen molar-refractivity contribution in [3.05, 3.63) is 29.8 Å². The van der Waals surface area contributed by atoms with Gasteiger partial charge in [-0.05, 0) is 44.8 Å². The topological polar surface area (TPSA) is 56.4 Å². The molecule has 0 heterocycles. The van der Waals surface area contributed by atoms with Gasteiger partial charge in [0.05, 0.1) is 0 Å². The standard InChI is InChI=1S/C16H28N4O/c1-5-17-13(3)14-8-7-9-15(12-14)19-16(21)18-10-11-20(4)6-2/h7-9,12-13,17H,5-6,10-11H2,1-4H3,(H2,18,19,21). The summed E-state index contributed by atoms with van der Waals surface area (Å²) in [4.78, 5) is 14.0. The van der Waals surface area contributed by atoms with E-state index in [1.165, 1.54) is 5.56 Å². The molecule has 3 N–H and O–H groups in total. The maximum absolute atomic E-state index is 11.8. The zero-order chi connectivity index (χ0) is 15.7. The fourth-order valence-corrected chi connectivity index (χ4v) is 2.00. The molecule has 1 atom stereocenters. The van der Waals surface area contributed by atoms with Gasteiger partial charge in [-0.15, -0.1) is 0 Å². The Hall–Kier alpha value is -1.59. The summed E-state index contributed by atoms with van der Waals surface area (Å²) < 4.78 is 0. The van der Waals surface area contributed by atoms with Crippen molar-refractivity contribution in [3.63, 3.8) is 0 Å². The van der Waals surface area contributed by atoms with Gasteiger partial charge in [-0.2, -0.15) is 0 Å². The molecule has 21 heavy (non-hydrogen) atoms. The molecule has 0 fully saturated rings. The molecule has 118 valence electrons. The monoisotopic (exact) mass is 292 g/mol. The SMILES string of the molecule is CCNC(C)c1cccc(NC(=O)NCCN(C)CC)c1. The molecule has 1 unspecified atom stereocenters. The number of urea groups is 1. The third-order valence-electron chi connectivity index (χ3n) is 3.47. The van der Waals surface area contributed by atoms with E-state index in [0.717, 1.165) is 25.3 Å². The van der Waals surface area contributed by atoms with E-state index in [-0.39, 0.29) is 12.1 Å². The molecule has 0 aliphatic carbocycles. The van der Waals surface area contributed by atoms with E-state index >= 15 is 0 Å². The first-order valence-electron chi connectivity index (χ1n) is 7.63. The van der Waals surface area contributed by atoms with Crippen LogP contribution in [-0.2, 0) is 0 Å². The number of nitrogens with zero attached hydrogens (tertiary/aromatic N) is 1. The van der Waals surface area contributed by atoms with Crippen LogP contribution in [0.3, 0.4) is 0 Å². The van der Waals surface area contributed by atoms with Gasteiger partial charge in [0.2, 0.25) is 0 Å². The minimum atomic E-state index is -0.159. The van der Waals surface area contributed by atoms with Crippen molar-refractivity contribution < 1.29 is 4.79 Å². The van der Waals surface area contributed by atoms with Crippen LogP contribution < -0.4 is 16.0 Å². The molecule has 0 aliphatic heterocycles. The Balaban J connectivity index is 2.47. The summed E-state index contributed by atoms with van der Waals surface area (Å²) in [6, 6.07) is 8.05. The summed E-state index contributed by atoms with van der Waals surface area (Å²) in [6.07, 6.45) is 0. The lowest BCUT2D eigenvalue weighted by Crippen LogP contribution is -2.35. The lowest BCUT2D eigenvalue weighted by Gasteiger charge is -2.16. The molecule has 1 aromatic carbocycles. The van der Waals surface area contributed by atoms with E-state index in [4.69, 9.17) is 0 Å². The van der Waals surface area contributed by atoms with Gasteiger partial charge in [0.1, 0.15) is 0 Å². The average Bonchev–Trinajstić information content (AvgIpc) is 2.47. The van der Waals surface area contributed by atoms with Gasteiger partial charge >= 0.3 is 6.03 Å². The van der Waals surface area contributed by atoms with Crippen molar-refractivity contribution in [1.82, 2.24) is 15.5 Å². The lowest BCUT2D eigenvalue weighted by molar-refractivity contribution is 0.250. The van der Waals surface area contributed by atoms with E-state index in [1.54, 1.807) is 0 Å². The fraction of sp³-hybridized carbons (Fsp3) is 0.562. The number of hydrogen-bond acceptors (Lipinski definition) is 3. The van der Waals surface area contributed by atoms with Gasteiger partial charge in [0.25, 0.3) is 0 Å². The minimum absolute atomic E-state index is 0.159. The number of benzene rings is 1. The van der Waals surface area contributed by atoms with Crippen molar-refractivity contribution in [2.24, 2.45) is 0 Å². The van der Waals surface area contributed by atoms with E-state index in [9.17, 15) is 4.79 Å². The lowest BCUT2D eigenvalue weighted by atomic mass is 10.1. The van der Waals surface area contributed by atoms with E-state index in [1.807, 2.05) is 25.2 Å². The number of anilines is 1. The number of rotatable bonds is 8. The van der Waals surface area contributed by atoms with Crippen LogP contribution in [-0.4, -0.2) is 44.2 Å². The van der Waals surface area contributed by atoms with Gasteiger partial charge < -0.3 is 20.9 Å². The normalized spacial score (nSPS) is 12.2. The van der Waals surface area contributed by atoms with Crippen LogP contribution >= 0.6 is 0 Å². The van der Waals surface area contributed by atoms with Crippen LogP contribution in [0.25, 0.3) is 0 Å². The van der Waals surface area contributed by atoms with Gasteiger partial charge in [-0.25, -0.2) is 4.79 Å². The summed E-state index contributed by atoms with van der Waals surface area (Å²) in [6.45, 7) is 9.68. The molecule has 0 bridgehead atoms. The number of carbonyl (C=O) groups is 1. The summed E-state index contributed by atoms with van der Waals surface area (Å²) in [5, 5.41) is 9.10. The van der Waals surface area contributed by atoms with Crippen LogP contribution in [0.2, 0.25) is 0 Å². The zero-order valence-electron chi connectivity index (χ0n) is 13.6. The number of amides is 2. The Bertz CT molecular complexity index is 436. The Morgan fingerprint density at radius 1 is 1.33 bits per heavy atom. The highest BCUT2D eigenvalue weighted by Crippen LogP contribution is 2.17. The van der Waals surface area contributed by atoms with E-state index < -0.39 is 0 Å². The predicted molar refractivity (Wildman–Crippen MR) is 88.7 cm³/mol. The predicted octanol–water partition coefficient (Wildman–Crippen LogP) is 2.43. The summed E-state index contributed by atoms with van der Waals surface area (Å²) in [7, 11) is 2.03. The first-order chi connectivity index (χ1) is 10.1. The number of likely N-dealkylation sites (N-methyl/N-ethyl adjacent to an activating group) is 1. The molecule has 0 aliphatic rings. The van der Waals surface area contributed by atoms with E-state index in [0.29, 0.717) is 6.54 Å². The second kappa shape index (κ2) is 9.37. The third-order valence-corrected chi connectivity index (χ3v) is 3.47. The highest BCUT2D eigenvalue weighted by atomic mass is 16.2. The first-order valence-corrected chi connectivity index (χ1v) is 7.63. The van der Waals surface area contributed by atoms with Gasteiger partial charge in [0, 0.05) is 24.8 Å². The minimum Gasteiger partial charge on any atom is -0.337 e. The van der Waals surface area contributed by atoms with Crippen LogP contribution in [0.1, 0.15) is 32.4 Å². The quantitative estimate of drug-likeness (QED) is 0.690. The van der Waals surface area contributed by atoms with Crippen LogP contribution in [0.15, 0.2) is 24.3 Å². The molecule has 1 aromatic rings. The molecular weight excluding hydrogens is 264 g/mol. The molecule has 0 spiro atoms. The maximum Gasteiger partial charge on any atom is 0.319 e. The Labute approximate surface area is 128 Å². The largest absolute Gasteiger partial charge is 0.337 e. The highest BCUT2D eigenvalue weighted by molar-refractivity contribution is 5.89. The number of hydrogen-bond donors (Lipinski definition) is 3. The molecule has 1 rings (SSSR count). The fourth-order valence-electron chi connectivity index (χ4n) is 2.00.